The van der Waals surface area contributed by atoms with Gasteiger partial charge in [-0.25, -0.2) is 0 Å². The van der Waals surface area contributed by atoms with Gasteiger partial charge in [0.15, 0.2) is 0 Å². The Kier molecular flexibility index (Phi) is 7.84. The molecular formula is C16H27N3O3. The Morgan fingerprint density at radius 3 is 2.86 bits per heavy atom. The van der Waals surface area contributed by atoms with Gasteiger partial charge in [0.1, 0.15) is 6.54 Å². The van der Waals surface area contributed by atoms with Gasteiger partial charge in [-0.15, -0.1) is 0 Å². The first-order valence-corrected chi connectivity index (χ1v) is 7.83. The molecule has 1 rings (SSSR count). The summed E-state index contributed by atoms with van der Waals surface area (Å²) < 4.78 is 0. The number of nitrogens with two attached hydrogens (primary N) is 1. The number of hydrogen-bond acceptors (Lipinski definition) is 4. The van der Waals surface area contributed by atoms with Crippen LogP contribution in [0.2, 0.25) is 0 Å². The third-order valence-corrected chi connectivity index (χ3v) is 3.85. The standard InChI is InChI=1S/C16H27N3O3/c1-12-8-10-19(2)11-13(12)6-7-15(20)18-9-4-3-5-14(17)16(21)22/h8,11,14H,3-7,9-10,17H2,1-2H3,(H,18,20)(H,21,22). The van der Waals surface area contributed by atoms with Crippen LogP contribution in [0.25, 0.3) is 0 Å². The minimum atomic E-state index is -1.22. The molecule has 0 bridgehead atoms. The molecule has 0 aromatic heterocycles. The summed E-state index contributed by atoms with van der Waals surface area (Å²) in [5.74, 6) is -1.19. The highest BCUT2D eigenvalue weighted by atomic mass is 16.4. The van der Waals surface area contributed by atoms with E-state index in [-0.39, 0.29) is 5.91 Å². The second-order valence-electron chi connectivity index (χ2n) is 5.88. The van der Waals surface area contributed by atoms with E-state index in [2.05, 4.69) is 31.6 Å². The first-order valence-electron chi connectivity index (χ1n) is 7.83. The summed E-state index contributed by atoms with van der Waals surface area (Å²) in [6.45, 7) is 3.63. The van der Waals surface area contributed by atoms with Gasteiger partial charge in [-0.1, -0.05) is 0 Å². The average Bonchev–Trinajstić information content (AvgIpc) is 2.47. The third-order valence-electron chi connectivity index (χ3n) is 3.85. The largest absolute Gasteiger partial charge is 0.548 e. The highest BCUT2D eigenvalue weighted by Gasteiger charge is 2.12. The van der Waals surface area contributed by atoms with Gasteiger partial charge in [0.05, 0.1) is 19.2 Å². The minimum absolute atomic E-state index is 0.0288. The smallest absolute Gasteiger partial charge is 0.220 e. The predicted octanol–water partition coefficient (Wildman–Crippen LogP) is -1.51. The Balaban J connectivity index is 2.14. The molecule has 124 valence electrons. The van der Waals surface area contributed by atoms with E-state index in [4.69, 9.17) is 5.73 Å². The fourth-order valence-electron chi connectivity index (χ4n) is 2.36. The summed E-state index contributed by atoms with van der Waals surface area (Å²) in [5.41, 5.74) is 7.84. The molecule has 0 aromatic carbocycles. The highest BCUT2D eigenvalue weighted by Crippen LogP contribution is 2.15. The monoisotopic (exact) mass is 309 g/mol. The van der Waals surface area contributed by atoms with Gasteiger partial charge in [-0.3, -0.25) is 4.79 Å². The molecule has 0 saturated heterocycles. The number of hydrogen-bond donors (Lipinski definition) is 3. The van der Waals surface area contributed by atoms with Gasteiger partial charge in [0.2, 0.25) is 5.91 Å². The lowest BCUT2D eigenvalue weighted by atomic mass is 10.0. The van der Waals surface area contributed by atoms with Crippen molar-refractivity contribution < 1.29 is 19.6 Å². The molecular weight excluding hydrogens is 282 g/mol. The number of carboxylic acid groups (broad SMARTS) is 1. The highest BCUT2D eigenvalue weighted by molar-refractivity contribution is 5.76. The molecule has 6 heteroatoms. The number of quaternary nitrogens is 1. The number of unbranched alkanes of at least 4 members (excludes halogenated alkanes) is 1. The molecule has 0 spiro atoms. The van der Waals surface area contributed by atoms with E-state index in [1.807, 2.05) is 0 Å². The van der Waals surface area contributed by atoms with Crippen molar-refractivity contribution in [3.8, 4) is 0 Å². The SMILES string of the molecule is CC1=CC[NH+](C)C=C1CCC(=O)NCCCCC(N)C(=O)[O-]. The number of likely N-dealkylation sites (N-methyl/N-ethyl adjacent to an activating group) is 1. The van der Waals surface area contributed by atoms with Crippen molar-refractivity contribution in [2.75, 3.05) is 20.1 Å². The van der Waals surface area contributed by atoms with E-state index >= 15 is 0 Å². The fraction of sp³-hybridized carbons (Fsp3) is 0.625. The zero-order valence-electron chi connectivity index (χ0n) is 13.5. The first kappa shape index (κ1) is 18.4. The summed E-state index contributed by atoms with van der Waals surface area (Å²) in [6, 6.07) is -0.914. The molecule has 0 aliphatic carbocycles. The van der Waals surface area contributed by atoms with E-state index in [1.165, 1.54) is 16.0 Å². The van der Waals surface area contributed by atoms with Gasteiger partial charge in [-0.2, -0.15) is 0 Å². The van der Waals surface area contributed by atoms with Crippen molar-refractivity contribution in [3.05, 3.63) is 23.4 Å². The number of rotatable bonds is 9. The van der Waals surface area contributed by atoms with Crippen LogP contribution in [0.15, 0.2) is 23.4 Å². The molecule has 0 saturated carbocycles. The number of allylic oxidation sites excluding steroid dienone is 2. The second-order valence-corrected chi connectivity index (χ2v) is 5.88. The van der Waals surface area contributed by atoms with Gasteiger partial charge < -0.3 is 25.9 Å². The van der Waals surface area contributed by atoms with Crippen LogP contribution in [0.5, 0.6) is 0 Å². The number of aliphatic carboxylic acids is 1. The molecule has 2 unspecified atom stereocenters. The molecule has 1 aliphatic heterocycles. The van der Waals surface area contributed by atoms with Crippen molar-refractivity contribution in [1.29, 1.82) is 0 Å². The fourth-order valence-corrected chi connectivity index (χ4v) is 2.36. The molecule has 6 nitrogen and oxygen atoms in total. The predicted molar refractivity (Wildman–Crippen MR) is 82.7 cm³/mol. The van der Waals surface area contributed by atoms with Gasteiger partial charge in [0, 0.05) is 24.6 Å². The molecule has 0 radical (unpaired) electrons. The molecule has 22 heavy (non-hydrogen) atoms. The Morgan fingerprint density at radius 2 is 2.18 bits per heavy atom. The maximum Gasteiger partial charge on any atom is 0.220 e. The summed E-state index contributed by atoms with van der Waals surface area (Å²) in [7, 11) is 2.10. The molecule has 0 fully saturated rings. The van der Waals surface area contributed by atoms with E-state index < -0.39 is 12.0 Å². The molecule has 1 amide bonds. The zero-order valence-corrected chi connectivity index (χ0v) is 13.5. The lowest BCUT2D eigenvalue weighted by Gasteiger charge is -2.16. The van der Waals surface area contributed by atoms with Crippen molar-refractivity contribution in [3.63, 3.8) is 0 Å². The van der Waals surface area contributed by atoms with E-state index in [0.29, 0.717) is 25.8 Å². The third kappa shape index (κ3) is 6.87. The number of carboxylic acids is 1. The number of nitrogens with one attached hydrogen (secondary N) is 2. The normalized spacial score (nSPS) is 19.1. The Bertz CT molecular complexity index is 458. The molecule has 0 aromatic rings. The van der Waals surface area contributed by atoms with Crippen molar-refractivity contribution in [1.82, 2.24) is 5.32 Å². The molecule has 4 N–H and O–H groups in total. The van der Waals surface area contributed by atoms with Crippen LogP contribution in [0.1, 0.15) is 39.0 Å². The Labute approximate surface area is 132 Å². The quantitative estimate of drug-likeness (QED) is 0.451. The summed E-state index contributed by atoms with van der Waals surface area (Å²) in [6.07, 6.45) is 7.36. The lowest BCUT2D eigenvalue weighted by molar-refractivity contribution is -0.819. The maximum absolute atomic E-state index is 11.8. The average molecular weight is 309 g/mol. The van der Waals surface area contributed by atoms with Crippen LogP contribution < -0.4 is 21.1 Å². The zero-order chi connectivity index (χ0) is 16.5. The summed E-state index contributed by atoms with van der Waals surface area (Å²) >= 11 is 0. The first-order chi connectivity index (χ1) is 10.4. The van der Waals surface area contributed by atoms with Crippen LogP contribution in [-0.4, -0.2) is 38.1 Å². The number of amides is 1. The van der Waals surface area contributed by atoms with Gasteiger partial charge in [0.25, 0.3) is 0 Å². The van der Waals surface area contributed by atoms with Gasteiger partial charge >= 0.3 is 0 Å². The molecule has 1 heterocycles. The molecule has 1 aliphatic rings. The van der Waals surface area contributed by atoms with E-state index in [0.717, 1.165) is 19.4 Å². The number of carbonyl (C=O) groups excluding carboxylic acids is 2. The van der Waals surface area contributed by atoms with Crippen molar-refractivity contribution >= 4 is 11.9 Å². The lowest BCUT2D eigenvalue weighted by Crippen LogP contribution is -3.04. The Morgan fingerprint density at radius 1 is 1.45 bits per heavy atom. The van der Waals surface area contributed by atoms with Gasteiger partial charge in [-0.05, 0) is 44.3 Å². The van der Waals surface area contributed by atoms with Crippen LogP contribution in [0.3, 0.4) is 0 Å². The Hall–Kier alpha value is -1.66. The summed E-state index contributed by atoms with van der Waals surface area (Å²) in [5, 5.41) is 13.3. The van der Waals surface area contributed by atoms with Crippen LogP contribution in [0, 0.1) is 0 Å². The van der Waals surface area contributed by atoms with Crippen molar-refractivity contribution in [2.24, 2.45) is 5.73 Å². The topological polar surface area (TPSA) is 99.7 Å². The molecule has 2 atom stereocenters. The van der Waals surface area contributed by atoms with Crippen LogP contribution >= 0.6 is 0 Å². The van der Waals surface area contributed by atoms with Crippen LogP contribution in [0.4, 0.5) is 0 Å². The maximum atomic E-state index is 11.8. The second kappa shape index (κ2) is 9.38. The van der Waals surface area contributed by atoms with E-state index in [1.54, 1.807) is 0 Å². The summed E-state index contributed by atoms with van der Waals surface area (Å²) in [4.78, 5) is 23.5. The number of carbonyl (C=O) groups is 2. The van der Waals surface area contributed by atoms with Crippen molar-refractivity contribution in [2.45, 2.75) is 45.1 Å². The van der Waals surface area contributed by atoms with Crippen LogP contribution in [-0.2, 0) is 9.59 Å². The van der Waals surface area contributed by atoms with E-state index in [9.17, 15) is 14.7 Å². The minimum Gasteiger partial charge on any atom is -0.548 e.